The molecule has 1 atom stereocenters. The molecule has 0 spiro atoms. The van der Waals surface area contributed by atoms with Gasteiger partial charge in [-0.25, -0.2) is 0 Å². The lowest BCUT2D eigenvalue weighted by Gasteiger charge is -2.14. The molecule has 0 bridgehead atoms. The number of benzene rings is 1. The Morgan fingerprint density at radius 2 is 2.06 bits per heavy atom. The minimum absolute atomic E-state index is 0.215. The average molecular weight is 253 g/mol. The highest BCUT2D eigenvalue weighted by Gasteiger charge is 2.08. The number of methoxy groups -OCH3 is 1. The van der Waals surface area contributed by atoms with Crippen molar-refractivity contribution in [3.05, 3.63) is 29.3 Å². The van der Waals surface area contributed by atoms with Gasteiger partial charge in [0.1, 0.15) is 5.75 Å². The number of nitrogens with one attached hydrogen (secondary N) is 1. The summed E-state index contributed by atoms with van der Waals surface area (Å²) < 4.78 is 5.33. The summed E-state index contributed by atoms with van der Waals surface area (Å²) in [6.07, 6.45) is -0.701. The van der Waals surface area contributed by atoms with Crippen LogP contribution >= 0.6 is 0 Å². The Hall–Kier alpha value is -1.10. The summed E-state index contributed by atoms with van der Waals surface area (Å²) in [4.78, 5) is 0. The van der Waals surface area contributed by atoms with Crippen molar-refractivity contribution in [3.8, 4) is 5.75 Å². The van der Waals surface area contributed by atoms with E-state index < -0.39 is 6.10 Å². The molecule has 0 radical (unpaired) electrons. The number of hydrogen-bond acceptors (Lipinski definition) is 4. The van der Waals surface area contributed by atoms with Crippen molar-refractivity contribution in [2.24, 2.45) is 0 Å². The largest absolute Gasteiger partial charge is 0.496 e. The van der Waals surface area contributed by atoms with E-state index in [0.717, 1.165) is 11.3 Å². The number of hydrogen-bond donors (Lipinski definition) is 3. The van der Waals surface area contributed by atoms with E-state index in [1.54, 1.807) is 7.11 Å². The second-order valence-corrected chi connectivity index (χ2v) is 4.70. The molecule has 0 fully saturated rings. The summed E-state index contributed by atoms with van der Waals surface area (Å²) in [6, 6.07) is 6.08. The predicted octanol–water partition coefficient (Wildman–Crippen LogP) is 1.26. The monoisotopic (exact) mass is 253 g/mol. The fraction of sp³-hybridized carbons (Fsp3) is 0.571. The van der Waals surface area contributed by atoms with Crippen LogP contribution in [0.2, 0.25) is 0 Å². The molecule has 4 nitrogen and oxygen atoms in total. The Morgan fingerprint density at radius 3 is 2.61 bits per heavy atom. The van der Waals surface area contributed by atoms with Gasteiger partial charge < -0.3 is 20.3 Å². The highest BCUT2D eigenvalue weighted by Crippen LogP contribution is 2.27. The molecule has 0 aromatic heterocycles. The van der Waals surface area contributed by atoms with E-state index >= 15 is 0 Å². The highest BCUT2D eigenvalue weighted by atomic mass is 16.5. The summed E-state index contributed by atoms with van der Waals surface area (Å²) in [6.45, 7) is 5.10. The maximum atomic E-state index is 9.23. The molecule has 0 aliphatic rings. The molecule has 0 amide bonds. The first-order chi connectivity index (χ1) is 8.58. The van der Waals surface area contributed by atoms with E-state index in [-0.39, 0.29) is 6.61 Å². The summed E-state index contributed by atoms with van der Waals surface area (Å²) in [7, 11) is 1.68. The zero-order valence-electron chi connectivity index (χ0n) is 11.3. The molecule has 3 N–H and O–H groups in total. The molecule has 1 rings (SSSR count). The summed E-state index contributed by atoms with van der Waals surface area (Å²) in [5, 5.41) is 21.0. The van der Waals surface area contributed by atoms with Crippen molar-refractivity contribution in [1.29, 1.82) is 0 Å². The minimum atomic E-state index is -0.701. The summed E-state index contributed by atoms with van der Waals surface area (Å²) in [5.41, 5.74) is 2.32. The van der Waals surface area contributed by atoms with E-state index in [1.807, 2.05) is 12.1 Å². The SMILES string of the molecule is COc1ccc(CNCC(O)CO)cc1C(C)C. The Balaban J connectivity index is 2.64. The van der Waals surface area contributed by atoms with Crippen LogP contribution in [0.3, 0.4) is 0 Å². The van der Waals surface area contributed by atoms with Gasteiger partial charge in [0.15, 0.2) is 0 Å². The molecule has 4 heteroatoms. The van der Waals surface area contributed by atoms with Gasteiger partial charge in [0.05, 0.1) is 19.8 Å². The van der Waals surface area contributed by atoms with Crippen LogP contribution in [0.1, 0.15) is 30.9 Å². The van der Waals surface area contributed by atoms with Crippen LogP contribution in [0.25, 0.3) is 0 Å². The lowest BCUT2D eigenvalue weighted by atomic mass is 9.99. The molecule has 102 valence electrons. The topological polar surface area (TPSA) is 61.7 Å². The molecule has 0 saturated carbocycles. The van der Waals surface area contributed by atoms with E-state index in [0.29, 0.717) is 19.0 Å². The van der Waals surface area contributed by atoms with E-state index in [9.17, 15) is 5.11 Å². The van der Waals surface area contributed by atoms with Gasteiger partial charge in [-0.2, -0.15) is 0 Å². The molecular weight excluding hydrogens is 230 g/mol. The highest BCUT2D eigenvalue weighted by molar-refractivity contribution is 5.39. The lowest BCUT2D eigenvalue weighted by molar-refractivity contribution is 0.0942. The molecular formula is C14H23NO3. The van der Waals surface area contributed by atoms with Gasteiger partial charge in [0.2, 0.25) is 0 Å². The zero-order chi connectivity index (χ0) is 13.5. The average Bonchev–Trinajstić information content (AvgIpc) is 2.38. The Kier molecular flexibility index (Phi) is 6.12. The van der Waals surface area contributed by atoms with Crippen molar-refractivity contribution >= 4 is 0 Å². The fourth-order valence-corrected chi connectivity index (χ4v) is 1.79. The first-order valence-corrected chi connectivity index (χ1v) is 6.25. The van der Waals surface area contributed by atoms with Crippen LogP contribution in [-0.4, -0.2) is 36.6 Å². The molecule has 1 unspecified atom stereocenters. The smallest absolute Gasteiger partial charge is 0.122 e. The van der Waals surface area contributed by atoms with Crippen LogP contribution in [0.4, 0.5) is 0 Å². The molecule has 0 saturated heterocycles. The van der Waals surface area contributed by atoms with Crippen molar-refractivity contribution in [1.82, 2.24) is 5.32 Å². The van der Waals surface area contributed by atoms with Crippen LogP contribution in [-0.2, 0) is 6.54 Å². The molecule has 0 heterocycles. The van der Waals surface area contributed by atoms with E-state index in [4.69, 9.17) is 9.84 Å². The molecule has 1 aromatic rings. The van der Waals surface area contributed by atoms with Crippen molar-refractivity contribution < 1.29 is 14.9 Å². The first kappa shape index (κ1) is 15.0. The number of aliphatic hydroxyl groups is 2. The second-order valence-electron chi connectivity index (χ2n) is 4.70. The fourth-order valence-electron chi connectivity index (χ4n) is 1.79. The maximum absolute atomic E-state index is 9.23. The van der Waals surface area contributed by atoms with Crippen molar-refractivity contribution in [2.75, 3.05) is 20.3 Å². The normalized spacial score (nSPS) is 12.8. The summed E-state index contributed by atoms with van der Waals surface area (Å²) in [5.74, 6) is 1.31. The van der Waals surface area contributed by atoms with Crippen molar-refractivity contribution in [3.63, 3.8) is 0 Å². The number of aliphatic hydroxyl groups excluding tert-OH is 2. The van der Waals surface area contributed by atoms with E-state index in [1.165, 1.54) is 5.56 Å². The zero-order valence-corrected chi connectivity index (χ0v) is 11.3. The maximum Gasteiger partial charge on any atom is 0.122 e. The van der Waals surface area contributed by atoms with Gasteiger partial charge in [-0.1, -0.05) is 26.0 Å². The quantitative estimate of drug-likeness (QED) is 0.684. The molecule has 1 aromatic carbocycles. The number of rotatable bonds is 7. The van der Waals surface area contributed by atoms with Gasteiger partial charge in [0, 0.05) is 13.1 Å². The molecule has 0 aliphatic heterocycles. The Bertz CT molecular complexity index is 366. The van der Waals surface area contributed by atoms with Gasteiger partial charge in [-0.15, -0.1) is 0 Å². The first-order valence-electron chi connectivity index (χ1n) is 6.25. The standard InChI is InChI=1S/C14H23NO3/c1-10(2)13-6-11(4-5-14(13)18-3)7-15-8-12(17)9-16/h4-6,10,12,15-17H,7-9H2,1-3H3. The van der Waals surface area contributed by atoms with Crippen LogP contribution in [0, 0.1) is 0 Å². The van der Waals surface area contributed by atoms with Gasteiger partial charge in [-0.3, -0.25) is 0 Å². The third kappa shape index (κ3) is 4.29. The molecule has 0 aliphatic carbocycles. The lowest BCUT2D eigenvalue weighted by Crippen LogP contribution is -2.28. The van der Waals surface area contributed by atoms with Crippen molar-refractivity contribution in [2.45, 2.75) is 32.4 Å². The predicted molar refractivity (Wildman–Crippen MR) is 71.9 cm³/mol. The van der Waals surface area contributed by atoms with Gasteiger partial charge in [-0.05, 0) is 23.1 Å². The van der Waals surface area contributed by atoms with Gasteiger partial charge >= 0.3 is 0 Å². The molecule has 18 heavy (non-hydrogen) atoms. The van der Waals surface area contributed by atoms with E-state index in [2.05, 4.69) is 25.2 Å². The Labute approximate surface area is 109 Å². The van der Waals surface area contributed by atoms with Crippen LogP contribution in [0.5, 0.6) is 5.75 Å². The minimum Gasteiger partial charge on any atom is -0.496 e. The number of ether oxygens (including phenoxy) is 1. The second kappa shape index (κ2) is 7.36. The third-order valence-electron chi connectivity index (χ3n) is 2.84. The van der Waals surface area contributed by atoms with Crippen LogP contribution in [0.15, 0.2) is 18.2 Å². The van der Waals surface area contributed by atoms with Gasteiger partial charge in [0.25, 0.3) is 0 Å². The van der Waals surface area contributed by atoms with Crippen LogP contribution < -0.4 is 10.1 Å². The Morgan fingerprint density at radius 1 is 1.33 bits per heavy atom. The summed E-state index contributed by atoms with van der Waals surface area (Å²) >= 11 is 0. The third-order valence-corrected chi connectivity index (χ3v) is 2.84.